The van der Waals surface area contributed by atoms with Gasteiger partial charge in [-0.15, -0.1) is 0 Å². The van der Waals surface area contributed by atoms with Crippen LogP contribution in [-0.4, -0.2) is 15.6 Å². The van der Waals surface area contributed by atoms with Crippen LogP contribution in [0.2, 0.25) is 0 Å². The molecule has 1 unspecified atom stereocenters. The molecule has 0 saturated carbocycles. The van der Waals surface area contributed by atoms with Crippen LogP contribution in [0.5, 0.6) is 0 Å². The molecule has 0 aliphatic rings. The highest BCUT2D eigenvalue weighted by molar-refractivity contribution is 5.84. The predicted molar refractivity (Wildman–Crippen MR) is 58.6 cm³/mol. The number of carboxylic acid groups (broad SMARTS) is 1. The Balaban J connectivity index is 2.34. The number of carboxylic acids is 1. The minimum Gasteiger partial charge on any atom is -0.475 e. The van der Waals surface area contributed by atoms with Crippen LogP contribution >= 0.6 is 0 Å². The summed E-state index contributed by atoms with van der Waals surface area (Å²) >= 11 is 0. The lowest BCUT2D eigenvalue weighted by Gasteiger charge is -2.11. The number of hydrogen-bond donors (Lipinski definition) is 1. The maximum atomic E-state index is 10.7. The van der Waals surface area contributed by atoms with Gasteiger partial charge in [0.2, 0.25) is 5.76 Å². The Labute approximate surface area is 97.5 Å². The molecule has 1 atom stereocenters. The average Bonchev–Trinajstić information content (AvgIpc) is 2.96. The van der Waals surface area contributed by atoms with Crippen molar-refractivity contribution in [2.75, 3.05) is 0 Å². The molecule has 0 aliphatic heterocycles. The zero-order valence-corrected chi connectivity index (χ0v) is 9.12. The highest BCUT2D eigenvalue weighted by Crippen LogP contribution is 2.22. The SMILES string of the molecule is CC(c1ccc(C(=O)O)o1)n1cccc1C#N. The molecule has 1 N–H and O–H groups in total. The van der Waals surface area contributed by atoms with E-state index in [2.05, 4.69) is 6.07 Å². The van der Waals surface area contributed by atoms with E-state index in [-0.39, 0.29) is 11.8 Å². The maximum Gasteiger partial charge on any atom is 0.371 e. The molecule has 5 heteroatoms. The molecular weight excluding hydrogens is 220 g/mol. The quantitative estimate of drug-likeness (QED) is 0.877. The summed E-state index contributed by atoms with van der Waals surface area (Å²) in [5, 5.41) is 17.7. The van der Waals surface area contributed by atoms with E-state index < -0.39 is 5.97 Å². The second kappa shape index (κ2) is 4.18. The van der Waals surface area contributed by atoms with Gasteiger partial charge in [0.15, 0.2) is 0 Å². The largest absolute Gasteiger partial charge is 0.475 e. The van der Waals surface area contributed by atoms with Crippen LogP contribution in [-0.2, 0) is 0 Å². The lowest BCUT2D eigenvalue weighted by atomic mass is 10.2. The van der Waals surface area contributed by atoms with Gasteiger partial charge in [0, 0.05) is 6.20 Å². The van der Waals surface area contributed by atoms with Crippen molar-refractivity contribution in [1.82, 2.24) is 4.57 Å². The number of nitrogens with zero attached hydrogens (tertiary/aromatic N) is 2. The molecule has 0 bridgehead atoms. The summed E-state index contributed by atoms with van der Waals surface area (Å²) in [5.74, 6) is -0.691. The summed E-state index contributed by atoms with van der Waals surface area (Å²) in [7, 11) is 0. The standard InChI is InChI=1S/C12H10N2O3/c1-8(14-6-2-3-9(14)7-13)10-4-5-11(17-10)12(15)16/h2-6,8H,1H3,(H,15,16). The van der Waals surface area contributed by atoms with Crippen molar-refractivity contribution < 1.29 is 14.3 Å². The molecule has 5 nitrogen and oxygen atoms in total. The van der Waals surface area contributed by atoms with Crippen molar-refractivity contribution in [3.63, 3.8) is 0 Å². The Morgan fingerprint density at radius 2 is 2.29 bits per heavy atom. The van der Waals surface area contributed by atoms with E-state index in [0.29, 0.717) is 11.5 Å². The molecule has 86 valence electrons. The molecule has 0 fully saturated rings. The van der Waals surface area contributed by atoms with E-state index in [0.717, 1.165) is 0 Å². The first kappa shape index (κ1) is 11.0. The number of rotatable bonds is 3. The summed E-state index contributed by atoms with van der Waals surface area (Å²) in [5.41, 5.74) is 0.505. The zero-order chi connectivity index (χ0) is 12.4. The number of hydrogen-bond acceptors (Lipinski definition) is 3. The lowest BCUT2D eigenvalue weighted by molar-refractivity contribution is 0.0659. The summed E-state index contributed by atoms with van der Waals surface area (Å²) in [6.07, 6.45) is 1.76. The topological polar surface area (TPSA) is 79.2 Å². The van der Waals surface area contributed by atoms with Gasteiger partial charge in [-0.25, -0.2) is 4.79 Å². The third-order valence-corrected chi connectivity index (χ3v) is 2.56. The third-order valence-electron chi connectivity index (χ3n) is 2.56. The van der Waals surface area contributed by atoms with Gasteiger partial charge >= 0.3 is 5.97 Å². The van der Waals surface area contributed by atoms with Crippen LogP contribution in [0.1, 0.15) is 35.0 Å². The van der Waals surface area contributed by atoms with Crippen molar-refractivity contribution in [2.24, 2.45) is 0 Å². The minimum absolute atomic E-state index is 0.0995. The molecule has 2 aromatic rings. The molecule has 2 rings (SSSR count). The smallest absolute Gasteiger partial charge is 0.371 e. The molecule has 0 aromatic carbocycles. The van der Waals surface area contributed by atoms with E-state index >= 15 is 0 Å². The van der Waals surface area contributed by atoms with Gasteiger partial charge < -0.3 is 14.1 Å². The normalized spacial score (nSPS) is 12.0. The van der Waals surface area contributed by atoms with Gasteiger partial charge in [0.05, 0.1) is 6.04 Å². The highest BCUT2D eigenvalue weighted by Gasteiger charge is 2.16. The van der Waals surface area contributed by atoms with Crippen LogP contribution in [0.4, 0.5) is 0 Å². The molecule has 0 radical (unpaired) electrons. The molecule has 17 heavy (non-hydrogen) atoms. The Bertz CT molecular complexity index is 589. The van der Waals surface area contributed by atoms with Crippen molar-refractivity contribution in [1.29, 1.82) is 5.26 Å². The van der Waals surface area contributed by atoms with E-state index in [1.165, 1.54) is 6.07 Å². The predicted octanol–water partition coefficient (Wildman–Crippen LogP) is 2.26. The molecule has 0 amide bonds. The summed E-state index contributed by atoms with van der Waals surface area (Å²) in [4.78, 5) is 10.7. The van der Waals surface area contributed by atoms with Gasteiger partial charge in [-0.2, -0.15) is 5.26 Å². The van der Waals surface area contributed by atoms with E-state index in [9.17, 15) is 4.79 Å². The summed E-state index contributed by atoms with van der Waals surface area (Å²) in [6, 6.07) is 8.31. The Hall–Kier alpha value is -2.48. The summed E-state index contributed by atoms with van der Waals surface area (Å²) in [6.45, 7) is 1.84. The first-order chi connectivity index (χ1) is 8.13. The van der Waals surface area contributed by atoms with Crippen molar-refractivity contribution in [2.45, 2.75) is 13.0 Å². The van der Waals surface area contributed by atoms with Crippen LogP contribution in [0.3, 0.4) is 0 Å². The fourth-order valence-electron chi connectivity index (χ4n) is 1.66. The molecule has 0 spiro atoms. The number of carbonyl (C=O) groups is 1. The van der Waals surface area contributed by atoms with Crippen molar-refractivity contribution in [3.8, 4) is 6.07 Å². The number of aromatic carboxylic acids is 1. The van der Waals surface area contributed by atoms with Crippen molar-refractivity contribution >= 4 is 5.97 Å². The minimum atomic E-state index is -1.10. The van der Waals surface area contributed by atoms with Gasteiger partial charge in [-0.1, -0.05) is 0 Å². The van der Waals surface area contributed by atoms with Crippen LogP contribution < -0.4 is 0 Å². The average molecular weight is 230 g/mol. The van der Waals surface area contributed by atoms with E-state index in [1.807, 2.05) is 6.92 Å². The zero-order valence-electron chi connectivity index (χ0n) is 9.12. The van der Waals surface area contributed by atoms with Crippen molar-refractivity contribution in [3.05, 3.63) is 47.7 Å². The maximum absolute atomic E-state index is 10.7. The lowest BCUT2D eigenvalue weighted by Crippen LogP contribution is -2.06. The fraction of sp³-hybridized carbons (Fsp3) is 0.167. The van der Waals surface area contributed by atoms with E-state index in [1.54, 1.807) is 29.0 Å². The number of aromatic nitrogens is 1. The molecule has 0 saturated heterocycles. The number of furan rings is 1. The Morgan fingerprint density at radius 3 is 2.88 bits per heavy atom. The first-order valence-electron chi connectivity index (χ1n) is 5.03. The first-order valence-corrected chi connectivity index (χ1v) is 5.03. The van der Waals surface area contributed by atoms with Gasteiger partial charge in [0.1, 0.15) is 17.5 Å². The summed E-state index contributed by atoms with van der Waals surface area (Å²) < 4.78 is 6.93. The van der Waals surface area contributed by atoms with Gasteiger partial charge in [-0.05, 0) is 31.2 Å². The fourth-order valence-corrected chi connectivity index (χ4v) is 1.66. The van der Waals surface area contributed by atoms with Crippen LogP contribution in [0, 0.1) is 11.3 Å². The molecule has 2 aromatic heterocycles. The molecule has 2 heterocycles. The Kier molecular flexibility index (Phi) is 2.71. The van der Waals surface area contributed by atoms with Crippen LogP contribution in [0.15, 0.2) is 34.9 Å². The van der Waals surface area contributed by atoms with Gasteiger partial charge in [-0.3, -0.25) is 0 Å². The number of nitriles is 1. The third kappa shape index (κ3) is 1.93. The second-order valence-corrected chi connectivity index (χ2v) is 3.60. The highest BCUT2D eigenvalue weighted by atomic mass is 16.4. The second-order valence-electron chi connectivity index (χ2n) is 3.60. The molecule has 0 aliphatic carbocycles. The monoisotopic (exact) mass is 230 g/mol. The van der Waals surface area contributed by atoms with Gasteiger partial charge in [0.25, 0.3) is 0 Å². The van der Waals surface area contributed by atoms with Crippen LogP contribution in [0.25, 0.3) is 0 Å². The van der Waals surface area contributed by atoms with E-state index in [4.69, 9.17) is 14.8 Å². The Morgan fingerprint density at radius 1 is 1.53 bits per heavy atom. The molecular formula is C12H10N2O3.